The minimum Gasteiger partial charge on any atom is -0.492 e. The van der Waals surface area contributed by atoms with Crippen LogP contribution in [0.3, 0.4) is 0 Å². The van der Waals surface area contributed by atoms with E-state index in [-0.39, 0.29) is 5.41 Å². The Balaban J connectivity index is 2.51. The standard InChI is InChI=1S/C11H18BNO3/c1-11(2,3)4-5-16-10-6-9(12(14)15)7-13-8-10/h6-8,14-15H,4-5H2,1-3H3. The Hall–Kier alpha value is -1.07. The van der Waals surface area contributed by atoms with E-state index in [0.29, 0.717) is 17.8 Å². The maximum atomic E-state index is 8.96. The average Bonchev–Trinajstić information content (AvgIpc) is 2.16. The van der Waals surface area contributed by atoms with Gasteiger partial charge in [-0.15, -0.1) is 0 Å². The van der Waals surface area contributed by atoms with Gasteiger partial charge in [-0.2, -0.15) is 0 Å². The molecule has 0 unspecified atom stereocenters. The van der Waals surface area contributed by atoms with E-state index in [4.69, 9.17) is 14.8 Å². The number of nitrogens with zero attached hydrogens (tertiary/aromatic N) is 1. The Labute approximate surface area is 96.4 Å². The van der Waals surface area contributed by atoms with Gasteiger partial charge >= 0.3 is 7.12 Å². The number of hydrogen-bond acceptors (Lipinski definition) is 4. The van der Waals surface area contributed by atoms with Gasteiger partial charge in [0.1, 0.15) is 5.75 Å². The lowest BCUT2D eigenvalue weighted by Crippen LogP contribution is -2.30. The summed E-state index contributed by atoms with van der Waals surface area (Å²) in [5.41, 5.74) is 0.565. The van der Waals surface area contributed by atoms with E-state index in [9.17, 15) is 0 Å². The molecule has 16 heavy (non-hydrogen) atoms. The molecule has 0 aliphatic heterocycles. The van der Waals surface area contributed by atoms with Crippen molar-refractivity contribution in [3.05, 3.63) is 18.5 Å². The number of hydrogen-bond donors (Lipinski definition) is 2. The summed E-state index contributed by atoms with van der Waals surface area (Å²) in [4.78, 5) is 3.88. The molecule has 4 nitrogen and oxygen atoms in total. The van der Waals surface area contributed by atoms with Crippen LogP contribution >= 0.6 is 0 Å². The zero-order chi connectivity index (χ0) is 12.2. The van der Waals surface area contributed by atoms with Crippen LogP contribution in [-0.2, 0) is 0 Å². The molecular weight excluding hydrogens is 205 g/mol. The van der Waals surface area contributed by atoms with E-state index in [2.05, 4.69) is 25.8 Å². The van der Waals surface area contributed by atoms with Gasteiger partial charge in [-0.05, 0) is 17.9 Å². The molecule has 1 aromatic heterocycles. The van der Waals surface area contributed by atoms with Crippen LogP contribution in [0.15, 0.2) is 18.5 Å². The SMILES string of the molecule is CC(C)(C)CCOc1cncc(B(O)O)c1. The third kappa shape index (κ3) is 4.64. The summed E-state index contributed by atoms with van der Waals surface area (Å²) < 4.78 is 5.49. The summed E-state index contributed by atoms with van der Waals surface area (Å²) in [7, 11) is -1.50. The molecule has 0 aliphatic rings. The molecule has 0 fully saturated rings. The van der Waals surface area contributed by atoms with Gasteiger partial charge in [-0.25, -0.2) is 0 Å². The lowest BCUT2D eigenvalue weighted by molar-refractivity contribution is 0.242. The van der Waals surface area contributed by atoms with E-state index in [1.165, 1.54) is 6.20 Å². The highest BCUT2D eigenvalue weighted by atomic mass is 16.5. The number of pyridine rings is 1. The molecule has 0 amide bonds. The van der Waals surface area contributed by atoms with Crippen molar-refractivity contribution in [1.29, 1.82) is 0 Å². The summed E-state index contributed by atoms with van der Waals surface area (Å²) in [6.45, 7) is 7.02. The van der Waals surface area contributed by atoms with Gasteiger partial charge in [0, 0.05) is 11.7 Å². The molecule has 0 aromatic carbocycles. The lowest BCUT2D eigenvalue weighted by Gasteiger charge is -2.18. The minimum atomic E-state index is -1.50. The summed E-state index contributed by atoms with van der Waals surface area (Å²) in [6.07, 6.45) is 3.90. The molecule has 0 bridgehead atoms. The van der Waals surface area contributed by atoms with Gasteiger partial charge in [-0.1, -0.05) is 20.8 Å². The predicted molar refractivity (Wildman–Crippen MR) is 63.6 cm³/mol. The molecule has 0 aliphatic carbocycles. The second-order valence-corrected chi connectivity index (χ2v) is 4.99. The molecule has 2 N–H and O–H groups in total. The molecule has 88 valence electrons. The van der Waals surface area contributed by atoms with E-state index >= 15 is 0 Å². The summed E-state index contributed by atoms with van der Waals surface area (Å²) in [5.74, 6) is 0.565. The highest BCUT2D eigenvalue weighted by Gasteiger charge is 2.13. The largest absolute Gasteiger partial charge is 0.492 e. The monoisotopic (exact) mass is 223 g/mol. The number of ether oxygens (including phenoxy) is 1. The van der Waals surface area contributed by atoms with Crippen LogP contribution in [0.4, 0.5) is 0 Å². The molecule has 0 saturated carbocycles. The molecular formula is C11H18BNO3. The molecule has 5 heteroatoms. The van der Waals surface area contributed by atoms with E-state index in [0.717, 1.165) is 6.42 Å². The number of aromatic nitrogens is 1. The van der Waals surface area contributed by atoms with Crippen LogP contribution in [0.2, 0.25) is 0 Å². The maximum Gasteiger partial charge on any atom is 0.490 e. The highest BCUT2D eigenvalue weighted by molar-refractivity contribution is 6.58. The van der Waals surface area contributed by atoms with Crippen LogP contribution in [0, 0.1) is 5.41 Å². The van der Waals surface area contributed by atoms with Crippen LogP contribution in [0.1, 0.15) is 27.2 Å². The van der Waals surface area contributed by atoms with Crippen molar-refractivity contribution in [1.82, 2.24) is 4.98 Å². The zero-order valence-electron chi connectivity index (χ0n) is 9.97. The van der Waals surface area contributed by atoms with Crippen molar-refractivity contribution in [2.45, 2.75) is 27.2 Å². The number of rotatable bonds is 4. The molecule has 1 heterocycles. The van der Waals surface area contributed by atoms with Crippen molar-refractivity contribution in [2.24, 2.45) is 5.41 Å². The van der Waals surface area contributed by atoms with Crippen molar-refractivity contribution in [3.8, 4) is 5.75 Å². The fourth-order valence-electron chi connectivity index (χ4n) is 1.13. The Bertz CT molecular complexity index is 336. The first kappa shape index (κ1) is 13.0. The molecule has 1 aromatic rings. The molecule has 0 atom stereocenters. The Kier molecular flexibility index (Phi) is 4.32. The van der Waals surface area contributed by atoms with E-state index in [1.807, 2.05) is 0 Å². The zero-order valence-corrected chi connectivity index (χ0v) is 9.97. The Morgan fingerprint density at radius 1 is 1.31 bits per heavy atom. The van der Waals surface area contributed by atoms with Crippen LogP contribution < -0.4 is 10.2 Å². The quantitative estimate of drug-likeness (QED) is 0.732. The van der Waals surface area contributed by atoms with Crippen molar-refractivity contribution < 1.29 is 14.8 Å². The van der Waals surface area contributed by atoms with E-state index in [1.54, 1.807) is 12.3 Å². The Morgan fingerprint density at radius 3 is 2.56 bits per heavy atom. The molecule has 0 spiro atoms. The topological polar surface area (TPSA) is 62.6 Å². The normalized spacial score (nSPS) is 11.3. The fraction of sp³-hybridized carbons (Fsp3) is 0.545. The first-order chi connectivity index (χ1) is 7.38. The van der Waals surface area contributed by atoms with Crippen LogP contribution in [-0.4, -0.2) is 28.8 Å². The van der Waals surface area contributed by atoms with Crippen molar-refractivity contribution in [2.75, 3.05) is 6.61 Å². The summed E-state index contributed by atoms with van der Waals surface area (Å²) in [6, 6.07) is 1.58. The lowest BCUT2D eigenvalue weighted by atomic mass is 9.82. The second kappa shape index (κ2) is 5.32. The van der Waals surface area contributed by atoms with Crippen molar-refractivity contribution >= 4 is 12.6 Å². The van der Waals surface area contributed by atoms with Gasteiger partial charge in [0.05, 0.1) is 12.8 Å². The van der Waals surface area contributed by atoms with E-state index < -0.39 is 7.12 Å². The average molecular weight is 223 g/mol. The van der Waals surface area contributed by atoms with Crippen LogP contribution in [0.25, 0.3) is 0 Å². The Morgan fingerprint density at radius 2 is 2.00 bits per heavy atom. The maximum absolute atomic E-state index is 8.96. The minimum absolute atomic E-state index is 0.224. The van der Waals surface area contributed by atoms with Gasteiger partial charge in [-0.3, -0.25) is 4.98 Å². The second-order valence-electron chi connectivity index (χ2n) is 4.99. The first-order valence-electron chi connectivity index (χ1n) is 5.32. The third-order valence-corrected chi connectivity index (χ3v) is 2.15. The van der Waals surface area contributed by atoms with Crippen molar-refractivity contribution in [3.63, 3.8) is 0 Å². The van der Waals surface area contributed by atoms with Gasteiger partial charge in [0.15, 0.2) is 0 Å². The van der Waals surface area contributed by atoms with Gasteiger partial charge in [0.2, 0.25) is 0 Å². The summed E-state index contributed by atoms with van der Waals surface area (Å²) >= 11 is 0. The summed E-state index contributed by atoms with van der Waals surface area (Å²) in [5, 5.41) is 17.9. The predicted octanol–water partition coefficient (Wildman–Crippen LogP) is 0.576. The molecule has 0 radical (unpaired) electrons. The molecule has 0 saturated heterocycles. The fourth-order valence-corrected chi connectivity index (χ4v) is 1.13. The van der Waals surface area contributed by atoms with Gasteiger partial charge in [0.25, 0.3) is 0 Å². The first-order valence-corrected chi connectivity index (χ1v) is 5.32. The third-order valence-electron chi connectivity index (χ3n) is 2.15. The highest BCUT2D eigenvalue weighted by Crippen LogP contribution is 2.18. The molecule has 1 rings (SSSR count). The van der Waals surface area contributed by atoms with Gasteiger partial charge < -0.3 is 14.8 Å². The smallest absolute Gasteiger partial charge is 0.490 e. The van der Waals surface area contributed by atoms with Crippen LogP contribution in [0.5, 0.6) is 5.75 Å².